The van der Waals surface area contributed by atoms with Gasteiger partial charge in [-0.2, -0.15) is 4.98 Å². The van der Waals surface area contributed by atoms with Crippen molar-refractivity contribution in [1.29, 1.82) is 0 Å². The van der Waals surface area contributed by atoms with Gasteiger partial charge in [-0.3, -0.25) is 34.8 Å². The maximum absolute atomic E-state index is 15.2. The predicted octanol–water partition coefficient (Wildman–Crippen LogP) is 6.93. The Morgan fingerprint density at radius 2 is 1.44 bits per heavy atom. The quantitative estimate of drug-likeness (QED) is 0.0636. The number of imide groups is 1. The van der Waals surface area contributed by atoms with Crippen LogP contribution in [0, 0.1) is 17.6 Å². The van der Waals surface area contributed by atoms with Crippen molar-refractivity contribution in [2.75, 3.05) is 72.0 Å². The molecule has 0 spiro atoms. The van der Waals surface area contributed by atoms with Crippen molar-refractivity contribution in [3.05, 3.63) is 125 Å². The average molecular weight is 892 g/mol. The molecule has 5 aromatic rings. The van der Waals surface area contributed by atoms with Gasteiger partial charge in [-0.15, -0.1) is 0 Å². The molecular formula is C46H48ClF2N11O4. The highest BCUT2D eigenvalue weighted by Gasteiger charge is 2.28. The van der Waals surface area contributed by atoms with Crippen LogP contribution in [0.2, 0.25) is 5.02 Å². The summed E-state index contributed by atoms with van der Waals surface area (Å²) < 4.78 is 29.9. The molecule has 4 heterocycles. The van der Waals surface area contributed by atoms with Crippen LogP contribution in [0.4, 0.5) is 49.0 Å². The van der Waals surface area contributed by atoms with E-state index < -0.39 is 17.8 Å². The number of halogens is 3. The minimum Gasteiger partial charge on any atom is -0.374 e. The molecule has 4 amide bonds. The molecule has 18 heteroatoms. The summed E-state index contributed by atoms with van der Waals surface area (Å²) in [4.78, 5) is 62.2. The first-order valence-corrected chi connectivity index (χ1v) is 21.7. The number of benzene rings is 4. The number of amides is 4. The van der Waals surface area contributed by atoms with Gasteiger partial charge in [0.25, 0.3) is 11.8 Å². The van der Waals surface area contributed by atoms with E-state index in [0.717, 1.165) is 58.2 Å². The van der Waals surface area contributed by atoms with Gasteiger partial charge in [-0.05, 0) is 117 Å². The highest BCUT2D eigenvalue weighted by molar-refractivity contribution is 6.33. The van der Waals surface area contributed by atoms with Crippen LogP contribution in [0.25, 0.3) is 0 Å². The summed E-state index contributed by atoms with van der Waals surface area (Å²) in [7, 11) is 0. The topological polar surface area (TPSA) is 176 Å². The lowest BCUT2D eigenvalue weighted by Gasteiger charge is -2.38. The van der Waals surface area contributed by atoms with E-state index in [-0.39, 0.29) is 41.7 Å². The molecule has 0 unspecified atom stereocenters. The first-order chi connectivity index (χ1) is 31.0. The summed E-state index contributed by atoms with van der Waals surface area (Å²) in [5, 5.41) is 16.5. The summed E-state index contributed by atoms with van der Waals surface area (Å²) in [6, 6.07) is 24.6. The number of aromatic nitrogens is 2. The minimum atomic E-state index is -0.667. The molecular weight excluding hydrogens is 844 g/mol. The number of piperazine rings is 1. The third-order valence-electron chi connectivity index (χ3n) is 11.6. The number of carbonyl (C=O) groups is 4. The molecule has 64 heavy (non-hydrogen) atoms. The second-order valence-electron chi connectivity index (χ2n) is 16.0. The molecule has 0 saturated carbocycles. The van der Waals surface area contributed by atoms with Crippen molar-refractivity contribution >= 4 is 75.4 Å². The van der Waals surface area contributed by atoms with E-state index in [1.54, 1.807) is 84.9 Å². The Labute approximate surface area is 373 Å². The maximum Gasteiger partial charge on any atom is 0.265 e. The number of hydrazine groups is 1. The fourth-order valence-electron chi connectivity index (χ4n) is 7.95. The van der Waals surface area contributed by atoms with Crippen molar-refractivity contribution in [3.63, 3.8) is 0 Å². The zero-order valence-electron chi connectivity index (χ0n) is 34.9. The Bertz CT molecular complexity index is 2480. The second kappa shape index (κ2) is 20.2. The zero-order chi connectivity index (χ0) is 44.6. The van der Waals surface area contributed by atoms with Gasteiger partial charge < -0.3 is 26.2 Å². The zero-order valence-corrected chi connectivity index (χ0v) is 35.6. The molecule has 4 aromatic carbocycles. The Morgan fingerprint density at radius 1 is 0.766 bits per heavy atom. The highest BCUT2D eigenvalue weighted by Crippen LogP contribution is 2.28. The van der Waals surface area contributed by atoms with Crippen LogP contribution in [-0.2, 0) is 9.59 Å². The van der Waals surface area contributed by atoms with Gasteiger partial charge in [0, 0.05) is 73.9 Å². The molecule has 1 aromatic heterocycles. The fraction of sp³-hybridized carbons (Fsp3) is 0.304. The number of nitrogens with zero attached hydrogens (tertiary/aromatic N) is 5. The van der Waals surface area contributed by atoms with Crippen molar-refractivity contribution in [2.45, 2.75) is 38.1 Å². The van der Waals surface area contributed by atoms with Gasteiger partial charge in [0.1, 0.15) is 11.9 Å². The SMILES string of the molecule is O=C1CC[C@H](Nc2ccc(N3CCN(CCC4CCN(NC(=O)c5ccc(Nc6ncc(F)c(Nc7ccc(C(=O)Nc8ccccc8Cl)cc7)n6)cc5)CC4)CC3)c(F)c2)C(=O)N1. The Hall–Kier alpha value is -6.69. The molecule has 1 atom stereocenters. The molecule has 0 bridgehead atoms. The Balaban J connectivity index is 0.736. The van der Waals surface area contributed by atoms with Gasteiger partial charge >= 0.3 is 0 Å². The van der Waals surface area contributed by atoms with Crippen LogP contribution in [-0.4, -0.2) is 95.4 Å². The van der Waals surface area contributed by atoms with Crippen LogP contribution < -0.4 is 36.9 Å². The molecule has 8 rings (SSSR count). The average Bonchev–Trinajstić information content (AvgIpc) is 3.30. The van der Waals surface area contributed by atoms with Crippen LogP contribution in [0.15, 0.2) is 97.2 Å². The molecule has 15 nitrogen and oxygen atoms in total. The highest BCUT2D eigenvalue weighted by atomic mass is 35.5. The molecule has 3 fully saturated rings. The summed E-state index contributed by atoms with van der Waals surface area (Å²) in [5.74, 6) is -1.63. The first kappa shape index (κ1) is 43.9. The number of carbonyl (C=O) groups excluding carboxylic acids is 4. The molecule has 6 N–H and O–H groups in total. The largest absolute Gasteiger partial charge is 0.374 e. The number of anilines is 7. The van der Waals surface area contributed by atoms with Crippen molar-refractivity contribution in [2.24, 2.45) is 5.92 Å². The standard InChI is InChI=1S/C46H48ClF2N11O4/c47-35-3-1-2-4-38(35)54-43(62)30-5-9-32(10-6-30)52-42-37(49)28-50-46(56-42)53-33-11-7-31(8-12-33)44(63)57-60-21-18-29(19-22-60)17-20-58-23-25-59(26-24-58)40-15-13-34(27-36(40)48)51-39-14-16-41(61)55-45(39)64/h1-13,15,27-29,39,51H,14,16-26H2,(H,54,62)(H,57,63)(H,55,61,64)(H2,50,52,53,56)/t39-/m0/s1. The summed E-state index contributed by atoms with van der Waals surface area (Å²) in [5.41, 5.74) is 6.56. The van der Waals surface area contributed by atoms with Crippen molar-refractivity contribution in [1.82, 2.24) is 30.6 Å². The number of piperidine rings is 2. The first-order valence-electron chi connectivity index (χ1n) is 21.3. The van der Waals surface area contributed by atoms with Crippen LogP contribution in [0.3, 0.4) is 0 Å². The van der Waals surface area contributed by atoms with E-state index in [1.807, 2.05) is 5.01 Å². The van der Waals surface area contributed by atoms with Crippen molar-refractivity contribution in [3.8, 4) is 0 Å². The lowest BCUT2D eigenvalue weighted by atomic mass is 9.94. The molecule has 332 valence electrons. The third-order valence-corrected chi connectivity index (χ3v) is 12.0. The summed E-state index contributed by atoms with van der Waals surface area (Å²) in [6.07, 6.45) is 4.67. The number of nitrogens with one attached hydrogen (secondary N) is 6. The van der Waals surface area contributed by atoms with Crippen LogP contribution >= 0.6 is 11.6 Å². The van der Waals surface area contributed by atoms with E-state index in [0.29, 0.717) is 70.0 Å². The predicted molar refractivity (Wildman–Crippen MR) is 242 cm³/mol. The normalized spacial score (nSPS) is 17.4. The number of hydrogen-bond donors (Lipinski definition) is 6. The lowest BCUT2D eigenvalue weighted by molar-refractivity contribution is -0.133. The Morgan fingerprint density at radius 3 is 2.12 bits per heavy atom. The molecule has 0 aliphatic carbocycles. The minimum absolute atomic E-state index is 0.0645. The monoisotopic (exact) mass is 891 g/mol. The van der Waals surface area contributed by atoms with Gasteiger partial charge in [0.15, 0.2) is 11.6 Å². The summed E-state index contributed by atoms with van der Waals surface area (Å²) >= 11 is 6.15. The van der Waals surface area contributed by atoms with Gasteiger partial charge in [-0.25, -0.2) is 18.8 Å². The molecule has 3 aliphatic rings. The summed E-state index contributed by atoms with van der Waals surface area (Å²) in [6.45, 7) is 5.55. The molecule has 3 saturated heterocycles. The van der Waals surface area contributed by atoms with E-state index >= 15 is 4.39 Å². The van der Waals surface area contributed by atoms with E-state index in [2.05, 4.69) is 51.8 Å². The third kappa shape index (κ3) is 11.3. The maximum atomic E-state index is 15.2. The molecule has 3 aliphatic heterocycles. The smallest absolute Gasteiger partial charge is 0.265 e. The van der Waals surface area contributed by atoms with Crippen LogP contribution in [0.1, 0.15) is 52.8 Å². The van der Waals surface area contributed by atoms with E-state index in [1.165, 1.54) is 6.07 Å². The number of para-hydroxylation sites is 1. The number of rotatable bonds is 14. The van der Waals surface area contributed by atoms with E-state index in [9.17, 15) is 23.6 Å². The fourth-order valence-corrected chi connectivity index (χ4v) is 8.14. The van der Waals surface area contributed by atoms with Crippen LogP contribution in [0.5, 0.6) is 0 Å². The van der Waals surface area contributed by atoms with Gasteiger partial charge in [0.05, 0.1) is 22.6 Å². The van der Waals surface area contributed by atoms with E-state index in [4.69, 9.17) is 11.6 Å². The van der Waals surface area contributed by atoms with Gasteiger partial charge in [0.2, 0.25) is 17.8 Å². The van der Waals surface area contributed by atoms with Gasteiger partial charge in [-0.1, -0.05) is 23.7 Å². The molecule has 0 radical (unpaired) electrons. The lowest BCUT2D eigenvalue weighted by Crippen LogP contribution is -2.48. The van der Waals surface area contributed by atoms with Crippen molar-refractivity contribution < 1.29 is 28.0 Å². The second-order valence-corrected chi connectivity index (χ2v) is 16.4. The number of hydrogen-bond acceptors (Lipinski definition) is 12. The Kier molecular flexibility index (Phi) is 13.9.